The summed E-state index contributed by atoms with van der Waals surface area (Å²) in [5.41, 5.74) is 3.41. The van der Waals surface area contributed by atoms with Crippen molar-refractivity contribution >= 4 is 11.6 Å². The molecule has 0 N–H and O–H groups in total. The predicted molar refractivity (Wildman–Crippen MR) is 60.3 cm³/mol. The number of rotatable bonds is 2. The Morgan fingerprint density at radius 1 is 1.36 bits per heavy atom. The molecule has 0 bridgehead atoms. The molecule has 0 spiro atoms. The van der Waals surface area contributed by atoms with Crippen LogP contribution in [0.3, 0.4) is 0 Å². The molecule has 0 unspecified atom stereocenters. The van der Waals surface area contributed by atoms with Crippen LogP contribution in [0.5, 0.6) is 0 Å². The van der Waals surface area contributed by atoms with Crippen molar-refractivity contribution in [1.29, 1.82) is 0 Å². The highest BCUT2D eigenvalue weighted by atomic mass is 16.5. The van der Waals surface area contributed by atoms with Gasteiger partial charge >= 0.3 is 0 Å². The molecule has 0 aliphatic carbocycles. The van der Waals surface area contributed by atoms with Crippen LogP contribution in [-0.4, -0.2) is 13.0 Å². The minimum atomic E-state index is 0.777. The second-order valence-corrected chi connectivity index (χ2v) is 3.35. The van der Waals surface area contributed by atoms with Gasteiger partial charge in [-0.15, -0.1) is 0 Å². The SMILES string of the molecule is CCC(=Nc1cc(C)ccc1C)OC. The number of hydrogen-bond acceptors (Lipinski definition) is 2. The Bertz CT molecular complexity index is 336. The molecule has 2 heteroatoms. The largest absolute Gasteiger partial charge is 0.484 e. The molecule has 1 aromatic rings. The van der Waals surface area contributed by atoms with Crippen LogP contribution < -0.4 is 0 Å². The Balaban J connectivity index is 3.06. The van der Waals surface area contributed by atoms with E-state index in [0.717, 1.165) is 18.0 Å². The zero-order chi connectivity index (χ0) is 10.6. The molecule has 76 valence electrons. The van der Waals surface area contributed by atoms with Crippen LogP contribution >= 0.6 is 0 Å². The fraction of sp³-hybridized carbons (Fsp3) is 0.417. The molecule has 0 amide bonds. The van der Waals surface area contributed by atoms with Crippen LogP contribution in [0.4, 0.5) is 5.69 Å². The molecule has 14 heavy (non-hydrogen) atoms. The van der Waals surface area contributed by atoms with E-state index < -0.39 is 0 Å². The van der Waals surface area contributed by atoms with Crippen molar-refractivity contribution in [2.45, 2.75) is 27.2 Å². The van der Waals surface area contributed by atoms with Gasteiger partial charge in [0.15, 0.2) is 5.90 Å². The van der Waals surface area contributed by atoms with Crippen molar-refractivity contribution in [1.82, 2.24) is 0 Å². The topological polar surface area (TPSA) is 21.6 Å². The highest BCUT2D eigenvalue weighted by Crippen LogP contribution is 2.20. The van der Waals surface area contributed by atoms with Crippen LogP contribution in [0.1, 0.15) is 24.5 Å². The first-order valence-corrected chi connectivity index (χ1v) is 4.86. The predicted octanol–water partition coefficient (Wildman–Crippen LogP) is 3.39. The molecule has 0 heterocycles. The molecule has 0 radical (unpaired) electrons. The summed E-state index contributed by atoms with van der Waals surface area (Å²) < 4.78 is 5.15. The van der Waals surface area contributed by atoms with E-state index >= 15 is 0 Å². The van der Waals surface area contributed by atoms with Crippen molar-refractivity contribution in [2.75, 3.05) is 7.11 Å². The molecule has 1 rings (SSSR count). The molecule has 1 aromatic carbocycles. The molecule has 0 saturated heterocycles. The summed E-state index contributed by atoms with van der Waals surface area (Å²) in [6.07, 6.45) is 0.823. The Morgan fingerprint density at radius 2 is 2.07 bits per heavy atom. The number of ether oxygens (including phenoxy) is 1. The fourth-order valence-corrected chi connectivity index (χ4v) is 1.24. The first-order chi connectivity index (χ1) is 6.67. The average molecular weight is 191 g/mol. The molecule has 0 aliphatic heterocycles. The quantitative estimate of drug-likeness (QED) is 0.518. The van der Waals surface area contributed by atoms with Gasteiger partial charge in [0, 0.05) is 6.42 Å². The maximum atomic E-state index is 5.15. The molecule has 0 aliphatic rings. The zero-order valence-corrected chi connectivity index (χ0v) is 9.29. The van der Waals surface area contributed by atoms with E-state index in [-0.39, 0.29) is 0 Å². The highest BCUT2D eigenvalue weighted by Gasteiger charge is 1.99. The van der Waals surface area contributed by atoms with Crippen LogP contribution in [0.15, 0.2) is 23.2 Å². The van der Waals surface area contributed by atoms with Crippen molar-refractivity contribution in [2.24, 2.45) is 4.99 Å². The van der Waals surface area contributed by atoms with Crippen LogP contribution in [0.2, 0.25) is 0 Å². The van der Waals surface area contributed by atoms with Crippen LogP contribution in [-0.2, 0) is 4.74 Å². The third kappa shape index (κ3) is 2.59. The summed E-state index contributed by atoms with van der Waals surface area (Å²) in [5, 5.41) is 0. The van der Waals surface area contributed by atoms with Gasteiger partial charge in [0.25, 0.3) is 0 Å². The standard InChI is InChI=1S/C12H17NO/c1-5-12(14-4)13-11-8-9(2)6-7-10(11)3/h6-8H,5H2,1-4H3. The van der Waals surface area contributed by atoms with E-state index in [9.17, 15) is 0 Å². The number of methoxy groups -OCH3 is 1. The molecular weight excluding hydrogens is 174 g/mol. The van der Waals surface area contributed by atoms with E-state index in [2.05, 4.69) is 37.0 Å². The van der Waals surface area contributed by atoms with Crippen LogP contribution in [0.25, 0.3) is 0 Å². The highest BCUT2D eigenvalue weighted by molar-refractivity contribution is 5.79. The summed E-state index contributed by atoms with van der Waals surface area (Å²) in [6.45, 7) is 6.16. The van der Waals surface area contributed by atoms with Gasteiger partial charge in [0.05, 0.1) is 12.8 Å². The van der Waals surface area contributed by atoms with Crippen molar-refractivity contribution in [3.63, 3.8) is 0 Å². The summed E-state index contributed by atoms with van der Waals surface area (Å²) >= 11 is 0. The normalized spacial score (nSPS) is 11.6. The smallest absolute Gasteiger partial charge is 0.187 e. The summed E-state index contributed by atoms with van der Waals surface area (Å²) in [7, 11) is 1.66. The van der Waals surface area contributed by atoms with E-state index in [1.807, 2.05) is 6.92 Å². The van der Waals surface area contributed by atoms with Crippen molar-refractivity contribution in [3.05, 3.63) is 29.3 Å². The second-order valence-electron chi connectivity index (χ2n) is 3.35. The summed E-state index contributed by atoms with van der Waals surface area (Å²) in [4.78, 5) is 4.45. The Kier molecular flexibility index (Phi) is 3.69. The van der Waals surface area contributed by atoms with E-state index in [0.29, 0.717) is 0 Å². The van der Waals surface area contributed by atoms with Gasteiger partial charge in [-0.25, -0.2) is 4.99 Å². The molecule has 0 atom stereocenters. The first-order valence-electron chi connectivity index (χ1n) is 4.86. The monoisotopic (exact) mass is 191 g/mol. The Hall–Kier alpha value is -1.31. The molecule has 2 nitrogen and oxygen atoms in total. The lowest BCUT2D eigenvalue weighted by Crippen LogP contribution is -1.97. The minimum Gasteiger partial charge on any atom is -0.484 e. The maximum absolute atomic E-state index is 5.15. The van der Waals surface area contributed by atoms with Gasteiger partial charge in [-0.3, -0.25) is 0 Å². The molecule has 0 saturated carbocycles. The molecular formula is C12H17NO. The minimum absolute atomic E-state index is 0.777. The fourth-order valence-electron chi connectivity index (χ4n) is 1.24. The maximum Gasteiger partial charge on any atom is 0.187 e. The summed E-state index contributed by atoms with van der Waals surface area (Å²) in [5.74, 6) is 0.777. The molecule has 0 aromatic heterocycles. The summed E-state index contributed by atoms with van der Waals surface area (Å²) in [6, 6.07) is 6.24. The van der Waals surface area contributed by atoms with E-state index in [1.54, 1.807) is 7.11 Å². The molecule has 0 fully saturated rings. The van der Waals surface area contributed by atoms with Gasteiger partial charge in [-0.05, 0) is 31.0 Å². The number of aliphatic imine (C=N–C) groups is 1. The number of benzene rings is 1. The van der Waals surface area contributed by atoms with Gasteiger partial charge < -0.3 is 4.74 Å². The second kappa shape index (κ2) is 4.80. The number of aryl methyl sites for hydroxylation is 2. The third-order valence-electron chi connectivity index (χ3n) is 2.15. The van der Waals surface area contributed by atoms with Crippen molar-refractivity contribution < 1.29 is 4.74 Å². The van der Waals surface area contributed by atoms with E-state index in [4.69, 9.17) is 4.74 Å². The third-order valence-corrected chi connectivity index (χ3v) is 2.15. The lowest BCUT2D eigenvalue weighted by molar-refractivity contribution is 0.392. The Labute approximate surface area is 85.6 Å². The number of hydrogen-bond donors (Lipinski definition) is 0. The van der Waals surface area contributed by atoms with Crippen LogP contribution in [0, 0.1) is 13.8 Å². The Morgan fingerprint density at radius 3 is 2.64 bits per heavy atom. The van der Waals surface area contributed by atoms with Gasteiger partial charge in [-0.1, -0.05) is 19.1 Å². The lowest BCUT2D eigenvalue weighted by atomic mass is 10.1. The zero-order valence-electron chi connectivity index (χ0n) is 9.29. The van der Waals surface area contributed by atoms with E-state index in [1.165, 1.54) is 11.1 Å². The van der Waals surface area contributed by atoms with Gasteiger partial charge in [-0.2, -0.15) is 0 Å². The van der Waals surface area contributed by atoms with Gasteiger partial charge in [0.1, 0.15) is 0 Å². The van der Waals surface area contributed by atoms with Crippen molar-refractivity contribution in [3.8, 4) is 0 Å². The number of nitrogens with zero attached hydrogens (tertiary/aromatic N) is 1. The van der Waals surface area contributed by atoms with Gasteiger partial charge in [0.2, 0.25) is 0 Å². The average Bonchev–Trinajstić information content (AvgIpc) is 2.19. The first kappa shape index (κ1) is 10.8. The lowest BCUT2D eigenvalue weighted by Gasteiger charge is -2.05.